The Morgan fingerprint density at radius 3 is 1.65 bits per heavy atom. The van der Waals surface area contributed by atoms with Crippen LogP contribution in [0.25, 0.3) is 11.1 Å². The molecule has 4 aromatic carbocycles. The minimum atomic E-state index is -4.92. The van der Waals surface area contributed by atoms with Crippen LogP contribution in [-0.2, 0) is 12.2 Å². The van der Waals surface area contributed by atoms with Crippen LogP contribution in [0.1, 0.15) is 16.7 Å². The average Bonchev–Trinajstić information content (AvgIpc) is 2.84. The van der Waals surface area contributed by atoms with Crippen molar-refractivity contribution >= 4 is 0 Å². The number of halogens is 11. The van der Waals surface area contributed by atoms with Gasteiger partial charge in [-0.3, -0.25) is 0 Å². The summed E-state index contributed by atoms with van der Waals surface area (Å²) < 4.78 is 164. The first-order chi connectivity index (χ1) is 18.6. The second kappa shape index (κ2) is 10.4. The molecule has 0 bridgehead atoms. The Morgan fingerprint density at radius 1 is 0.550 bits per heavy atom. The molecule has 0 radical (unpaired) electrons. The smallest absolute Gasteiger partial charge is 0.429 e. The minimum absolute atomic E-state index is 0.000633. The van der Waals surface area contributed by atoms with Gasteiger partial charge in [-0.05, 0) is 48.9 Å². The second-order valence-corrected chi connectivity index (χ2v) is 8.36. The highest BCUT2D eigenvalue weighted by atomic mass is 19.3. The van der Waals surface area contributed by atoms with E-state index in [1.54, 1.807) is 6.92 Å². The third-order valence-electron chi connectivity index (χ3n) is 5.52. The molecule has 0 aliphatic carbocycles. The van der Waals surface area contributed by atoms with Crippen molar-refractivity contribution in [3.8, 4) is 22.6 Å². The van der Waals surface area contributed by atoms with E-state index in [-0.39, 0.29) is 24.3 Å². The lowest BCUT2D eigenvalue weighted by atomic mass is 10.0. The topological polar surface area (TPSA) is 18.5 Å². The highest BCUT2D eigenvalue weighted by Gasteiger charge is 2.42. The van der Waals surface area contributed by atoms with E-state index in [1.807, 2.05) is 0 Å². The number of hydrogen-bond acceptors (Lipinski definition) is 2. The van der Waals surface area contributed by atoms with Crippen molar-refractivity contribution in [2.45, 2.75) is 19.1 Å². The van der Waals surface area contributed by atoms with Gasteiger partial charge < -0.3 is 9.47 Å². The maximum absolute atomic E-state index is 14.8. The third-order valence-corrected chi connectivity index (χ3v) is 5.52. The Hall–Kier alpha value is -4.29. The van der Waals surface area contributed by atoms with Crippen LogP contribution in [-0.4, -0.2) is 0 Å². The van der Waals surface area contributed by atoms with Gasteiger partial charge in [-0.25, -0.2) is 26.3 Å². The summed E-state index contributed by atoms with van der Waals surface area (Å²) in [6.07, 6.45) is -9.03. The van der Waals surface area contributed by atoms with Gasteiger partial charge >= 0.3 is 12.2 Å². The van der Waals surface area contributed by atoms with Gasteiger partial charge in [0.25, 0.3) is 0 Å². The fraction of sp³-hybridized carbons (Fsp3) is 0.111. The molecule has 0 atom stereocenters. The molecule has 0 amide bonds. The standard InChI is InChI=1S/C27H13F11O2/c1-12-2-4-14(5-3-12)26(35,36)40-21-7-6-16(23(32)25(21)34)13-8-17(28)22(18(29)9-13)27(37,38)39-15-10-19(30)24(33)20(31)11-15/h2-11H,1H3. The van der Waals surface area contributed by atoms with E-state index in [0.29, 0.717) is 17.7 Å². The van der Waals surface area contributed by atoms with Gasteiger partial charge in [0.1, 0.15) is 22.9 Å². The van der Waals surface area contributed by atoms with Gasteiger partial charge in [-0.2, -0.15) is 22.0 Å². The first kappa shape index (κ1) is 28.7. The summed E-state index contributed by atoms with van der Waals surface area (Å²) in [6, 6.07) is 6.10. The predicted molar refractivity (Wildman–Crippen MR) is 118 cm³/mol. The number of benzene rings is 4. The number of aryl methyl sites for hydroxylation is 1. The molecular formula is C27H13F11O2. The van der Waals surface area contributed by atoms with E-state index in [4.69, 9.17) is 0 Å². The fourth-order valence-electron chi connectivity index (χ4n) is 3.58. The van der Waals surface area contributed by atoms with Crippen molar-refractivity contribution in [1.82, 2.24) is 0 Å². The molecule has 210 valence electrons. The van der Waals surface area contributed by atoms with E-state index >= 15 is 0 Å². The Morgan fingerprint density at radius 2 is 1.10 bits per heavy atom. The van der Waals surface area contributed by atoms with Crippen molar-refractivity contribution in [1.29, 1.82) is 0 Å². The molecule has 13 heteroatoms. The van der Waals surface area contributed by atoms with E-state index in [0.717, 1.165) is 12.1 Å². The van der Waals surface area contributed by atoms with Crippen LogP contribution in [0.15, 0.2) is 60.7 Å². The van der Waals surface area contributed by atoms with Gasteiger partial charge in [-0.1, -0.05) is 17.7 Å². The Labute approximate surface area is 218 Å². The van der Waals surface area contributed by atoms with Crippen LogP contribution >= 0.6 is 0 Å². The molecule has 4 aromatic rings. The molecule has 40 heavy (non-hydrogen) atoms. The molecule has 0 unspecified atom stereocenters. The first-order valence-electron chi connectivity index (χ1n) is 10.9. The van der Waals surface area contributed by atoms with Crippen molar-refractivity contribution in [2.24, 2.45) is 0 Å². The van der Waals surface area contributed by atoms with Crippen LogP contribution in [0.5, 0.6) is 11.5 Å². The van der Waals surface area contributed by atoms with Gasteiger partial charge in [0.05, 0.1) is 5.56 Å². The molecule has 0 aliphatic rings. The molecule has 0 aliphatic heterocycles. The van der Waals surface area contributed by atoms with E-state index in [2.05, 4.69) is 9.47 Å². The molecule has 0 saturated heterocycles. The van der Waals surface area contributed by atoms with Crippen molar-refractivity contribution < 1.29 is 57.8 Å². The zero-order valence-electron chi connectivity index (χ0n) is 19.7. The summed E-state index contributed by atoms with van der Waals surface area (Å²) in [6.45, 7) is 1.62. The summed E-state index contributed by atoms with van der Waals surface area (Å²) in [5.41, 5.74) is -3.88. The summed E-state index contributed by atoms with van der Waals surface area (Å²) >= 11 is 0. The number of ether oxygens (including phenoxy) is 2. The third kappa shape index (κ3) is 5.54. The number of hydrogen-bond donors (Lipinski definition) is 0. The van der Waals surface area contributed by atoms with E-state index < -0.39 is 86.7 Å². The maximum atomic E-state index is 14.8. The van der Waals surface area contributed by atoms with Crippen molar-refractivity contribution in [3.63, 3.8) is 0 Å². The van der Waals surface area contributed by atoms with Gasteiger partial charge in [0.2, 0.25) is 5.82 Å². The lowest BCUT2D eigenvalue weighted by Crippen LogP contribution is -2.25. The van der Waals surface area contributed by atoms with Crippen LogP contribution in [0, 0.1) is 47.6 Å². The summed E-state index contributed by atoms with van der Waals surface area (Å²) in [5, 5.41) is 0. The number of rotatable bonds is 7. The minimum Gasteiger partial charge on any atom is -0.429 e. The molecule has 0 spiro atoms. The Bertz CT molecular complexity index is 1540. The summed E-state index contributed by atoms with van der Waals surface area (Å²) in [5.74, 6) is -16.4. The second-order valence-electron chi connectivity index (χ2n) is 8.36. The van der Waals surface area contributed by atoms with E-state index in [1.165, 1.54) is 12.1 Å². The fourth-order valence-corrected chi connectivity index (χ4v) is 3.58. The Kier molecular flexibility index (Phi) is 7.43. The van der Waals surface area contributed by atoms with Crippen LogP contribution in [0.2, 0.25) is 0 Å². The van der Waals surface area contributed by atoms with Crippen LogP contribution in [0.3, 0.4) is 0 Å². The first-order valence-corrected chi connectivity index (χ1v) is 10.9. The molecule has 0 saturated carbocycles. The average molecular weight is 578 g/mol. The quantitative estimate of drug-likeness (QED) is 0.161. The van der Waals surface area contributed by atoms with Gasteiger partial charge in [0, 0.05) is 17.7 Å². The SMILES string of the molecule is Cc1ccc(C(F)(F)Oc2ccc(-c3cc(F)c(C(F)(F)Oc4cc(F)c(F)c(F)c4)c(F)c3)c(F)c2F)cc1. The molecule has 0 fully saturated rings. The Balaban J connectivity index is 1.65. The lowest BCUT2D eigenvalue weighted by molar-refractivity contribution is -0.189. The number of alkyl halides is 4. The largest absolute Gasteiger partial charge is 0.432 e. The molecule has 0 aromatic heterocycles. The monoisotopic (exact) mass is 578 g/mol. The van der Waals surface area contributed by atoms with Crippen molar-refractivity contribution in [3.05, 3.63) is 118 Å². The predicted octanol–water partition coefficient (Wildman–Crippen LogP) is 8.89. The summed E-state index contributed by atoms with van der Waals surface area (Å²) in [4.78, 5) is 0. The molecular weight excluding hydrogens is 565 g/mol. The van der Waals surface area contributed by atoms with Crippen LogP contribution in [0.4, 0.5) is 48.3 Å². The highest BCUT2D eigenvalue weighted by molar-refractivity contribution is 5.66. The van der Waals surface area contributed by atoms with Crippen LogP contribution < -0.4 is 9.47 Å². The lowest BCUT2D eigenvalue weighted by Gasteiger charge is -2.21. The highest BCUT2D eigenvalue weighted by Crippen LogP contribution is 2.40. The van der Waals surface area contributed by atoms with E-state index in [9.17, 15) is 48.3 Å². The normalized spacial score (nSPS) is 12.0. The molecule has 4 rings (SSSR count). The maximum Gasteiger partial charge on any atom is 0.432 e. The molecule has 2 nitrogen and oxygen atoms in total. The molecule has 0 heterocycles. The zero-order chi connectivity index (χ0) is 29.6. The zero-order valence-corrected chi connectivity index (χ0v) is 19.7. The van der Waals surface area contributed by atoms with Gasteiger partial charge in [-0.15, -0.1) is 0 Å². The molecule has 0 N–H and O–H groups in total. The van der Waals surface area contributed by atoms with Crippen molar-refractivity contribution in [2.75, 3.05) is 0 Å². The summed E-state index contributed by atoms with van der Waals surface area (Å²) in [7, 11) is 0. The van der Waals surface area contributed by atoms with Gasteiger partial charge in [0.15, 0.2) is 29.0 Å².